The molecule has 0 amide bonds. The smallest absolute Gasteiger partial charge is 0.187 e. The summed E-state index contributed by atoms with van der Waals surface area (Å²) in [5, 5.41) is 23.1. The van der Waals surface area contributed by atoms with Crippen molar-refractivity contribution in [2.24, 2.45) is 11.5 Å². The van der Waals surface area contributed by atoms with Gasteiger partial charge >= 0.3 is 0 Å². The molecule has 8 N–H and O–H groups in total. The summed E-state index contributed by atoms with van der Waals surface area (Å²) in [5.41, 5.74) is 12.2. The zero-order valence-electron chi connectivity index (χ0n) is 15.7. The number of nitrogens with two attached hydrogens (primary N) is 2. The molecule has 0 radical (unpaired) electrons. The number of unbranched alkanes of at least 4 members (excludes halogenated alkanes) is 1. The maximum absolute atomic E-state index is 7.92. The fraction of sp³-hybridized carbons (Fsp3) is 0.300. The highest BCUT2D eigenvalue weighted by atomic mass is 35.5. The molecule has 0 saturated heterocycles. The first-order valence-electron chi connectivity index (χ1n) is 9.04. The van der Waals surface area contributed by atoms with Crippen LogP contribution in [-0.4, -0.2) is 11.9 Å². The molecule has 0 aliphatic carbocycles. The predicted molar refractivity (Wildman–Crippen MR) is 117 cm³/mol. The van der Waals surface area contributed by atoms with E-state index in [-0.39, 0.29) is 17.8 Å². The summed E-state index contributed by atoms with van der Waals surface area (Å²) in [6, 6.07) is 14.7. The molecule has 0 bridgehead atoms. The molecule has 0 saturated carbocycles. The monoisotopic (exact) mass is 420 g/mol. The number of guanidine groups is 2. The van der Waals surface area contributed by atoms with Crippen molar-refractivity contribution in [3.05, 3.63) is 69.7 Å². The SMILES string of the molecule is CCCCC(c1ccc(Cl)cc1)C(NC(=N)N)(NC(=N)N)c1ccc(Cl)cc1. The summed E-state index contributed by atoms with van der Waals surface area (Å²) in [7, 11) is 0. The Morgan fingerprint density at radius 1 is 0.929 bits per heavy atom. The zero-order chi connectivity index (χ0) is 20.7. The van der Waals surface area contributed by atoms with Crippen molar-refractivity contribution in [3.63, 3.8) is 0 Å². The minimum Gasteiger partial charge on any atom is -0.370 e. The summed E-state index contributed by atoms with van der Waals surface area (Å²) >= 11 is 12.2. The van der Waals surface area contributed by atoms with Gasteiger partial charge in [0.1, 0.15) is 5.66 Å². The van der Waals surface area contributed by atoms with Gasteiger partial charge in [0.25, 0.3) is 0 Å². The molecule has 2 rings (SSSR count). The van der Waals surface area contributed by atoms with E-state index in [1.54, 1.807) is 12.1 Å². The van der Waals surface area contributed by atoms with Gasteiger partial charge in [-0.05, 0) is 41.8 Å². The van der Waals surface area contributed by atoms with E-state index in [1.807, 2.05) is 36.4 Å². The Bertz CT molecular complexity index is 788. The molecule has 0 spiro atoms. The molecule has 1 atom stereocenters. The largest absolute Gasteiger partial charge is 0.370 e. The first-order chi connectivity index (χ1) is 13.3. The van der Waals surface area contributed by atoms with Crippen LogP contribution in [0.4, 0.5) is 0 Å². The second-order valence-corrected chi connectivity index (χ2v) is 7.51. The number of hydrogen-bond donors (Lipinski definition) is 6. The molecule has 1 unspecified atom stereocenters. The first kappa shape index (κ1) is 21.9. The highest BCUT2D eigenvalue weighted by Gasteiger charge is 2.42. The van der Waals surface area contributed by atoms with Crippen molar-refractivity contribution < 1.29 is 0 Å². The maximum Gasteiger partial charge on any atom is 0.187 e. The quantitative estimate of drug-likeness (QED) is 0.218. The van der Waals surface area contributed by atoms with Crippen LogP contribution in [0.15, 0.2) is 48.5 Å². The fourth-order valence-electron chi connectivity index (χ4n) is 3.43. The average Bonchev–Trinajstić information content (AvgIpc) is 2.62. The van der Waals surface area contributed by atoms with E-state index in [4.69, 9.17) is 45.5 Å². The van der Waals surface area contributed by atoms with Gasteiger partial charge in [0.2, 0.25) is 0 Å². The molecule has 2 aromatic rings. The number of benzene rings is 2. The second-order valence-electron chi connectivity index (χ2n) is 6.64. The van der Waals surface area contributed by atoms with Gasteiger partial charge in [-0.1, -0.05) is 67.2 Å². The van der Waals surface area contributed by atoms with Crippen LogP contribution < -0.4 is 22.1 Å². The fourth-order valence-corrected chi connectivity index (χ4v) is 3.68. The number of nitrogens with one attached hydrogen (secondary N) is 4. The Labute approximate surface area is 175 Å². The number of halogens is 2. The lowest BCUT2D eigenvalue weighted by Crippen LogP contribution is -2.63. The van der Waals surface area contributed by atoms with E-state index >= 15 is 0 Å². The highest BCUT2D eigenvalue weighted by molar-refractivity contribution is 6.30. The summed E-state index contributed by atoms with van der Waals surface area (Å²) in [6.45, 7) is 2.11. The molecule has 0 heterocycles. The van der Waals surface area contributed by atoms with E-state index in [0.29, 0.717) is 10.0 Å². The summed E-state index contributed by atoms with van der Waals surface area (Å²) < 4.78 is 0. The van der Waals surface area contributed by atoms with Crippen molar-refractivity contribution in [1.29, 1.82) is 10.8 Å². The molecule has 6 nitrogen and oxygen atoms in total. The van der Waals surface area contributed by atoms with E-state index < -0.39 is 5.66 Å². The molecule has 2 aromatic carbocycles. The van der Waals surface area contributed by atoms with Crippen LogP contribution in [0, 0.1) is 10.8 Å². The standard InChI is InChI=1S/C20H26Cl2N6/c1-2-3-4-17(13-5-9-15(21)10-6-13)20(27-18(23)24,28-19(25)26)14-7-11-16(22)12-8-14/h5-12,17H,2-4H2,1H3,(H4,23,24,27)(H4,25,26,28). The summed E-state index contributed by atoms with van der Waals surface area (Å²) in [5.74, 6) is -0.669. The average molecular weight is 421 g/mol. The molecule has 8 heteroatoms. The van der Waals surface area contributed by atoms with Gasteiger partial charge in [-0.2, -0.15) is 0 Å². The molecule has 0 aromatic heterocycles. The Kier molecular flexibility index (Phi) is 7.54. The molecule has 0 aliphatic heterocycles. The Morgan fingerprint density at radius 2 is 1.39 bits per heavy atom. The normalized spacial score (nSPS) is 14.0. The minimum atomic E-state index is -1.11. The van der Waals surface area contributed by atoms with Gasteiger partial charge in [-0.25, -0.2) is 0 Å². The predicted octanol–water partition coefficient (Wildman–Crippen LogP) is 4.09. The lowest BCUT2D eigenvalue weighted by Gasteiger charge is -2.43. The molecule has 150 valence electrons. The van der Waals surface area contributed by atoms with Crippen molar-refractivity contribution in [1.82, 2.24) is 10.6 Å². The molecular formula is C20H26Cl2N6. The van der Waals surface area contributed by atoms with Gasteiger partial charge in [-0.15, -0.1) is 0 Å². The van der Waals surface area contributed by atoms with Crippen molar-refractivity contribution in [2.45, 2.75) is 37.8 Å². The molecule has 0 fully saturated rings. The molecular weight excluding hydrogens is 395 g/mol. The van der Waals surface area contributed by atoms with Crippen LogP contribution in [0.5, 0.6) is 0 Å². The second kappa shape index (κ2) is 9.66. The summed E-state index contributed by atoms with van der Waals surface area (Å²) in [6.07, 6.45) is 2.68. The van der Waals surface area contributed by atoms with Crippen LogP contribution in [0.1, 0.15) is 43.2 Å². The van der Waals surface area contributed by atoms with E-state index in [1.165, 1.54) is 0 Å². The van der Waals surface area contributed by atoms with Gasteiger partial charge in [0.15, 0.2) is 11.9 Å². The first-order valence-corrected chi connectivity index (χ1v) is 9.80. The number of rotatable bonds is 8. The van der Waals surface area contributed by atoms with Crippen LogP contribution in [0.2, 0.25) is 10.0 Å². The lowest BCUT2D eigenvalue weighted by molar-refractivity contribution is 0.266. The Hall–Kier alpha value is -2.44. The molecule has 28 heavy (non-hydrogen) atoms. The van der Waals surface area contributed by atoms with E-state index in [0.717, 1.165) is 30.4 Å². The van der Waals surface area contributed by atoms with E-state index in [9.17, 15) is 0 Å². The summed E-state index contributed by atoms with van der Waals surface area (Å²) in [4.78, 5) is 0. The van der Waals surface area contributed by atoms with E-state index in [2.05, 4.69) is 17.6 Å². The van der Waals surface area contributed by atoms with Crippen LogP contribution in [-0.2, 0) is 5.66 Å². The third-order valence-corrected chi connectivity index (χ3v) is 5.11. The number of hydrogen-bond acceptors (Lipinski definition) is 2. The Balaban J connectivity index is 2.70. The maximum atomic E-state index is 7.92. The zero-order valence-corrected chi connectivity index (χ0v) is 17.2. The van der Waals surface area contributed by atoms with Gasteiger partial charge < -0.3 is 22.1 Å². The van der Waals surface area contributed by atoms with Crippen LogP contribution >= 0.6 is 23.2 Å². The highest BCUT2D eigenvalue weighted by Crippen LogP contribution is 2.39. The molecule has 0 aliphatic rings. The topological polar surface area (TPSA) is 124 Å². The van der Waals surface area contributed by atoms with Crippen molar-refractivity contribution in [3.8, 4) is 0 Å². The lowest BCUT2D eigenvalue weighted by atomic mass is 9.77. The van der Waals surface area contributed by atoms with Crippen molar-refractivity contribution >= 4 is 35.1 Å². The van der Waals surface area contributed by atoms with Crippen LogP contribution in [0.3, 0.4) is 0 Å². The third-order valence-electron chi connectivity index (χ3n) is 4.60. The Morgan fingerprint density at radius 3 is 1.82 bits per heavy atom. The van der Waals surface area contributed by atoms with Gasteiger partial charge in [0, 0.05) is 16.0 Å². The van der Waals surface area contributed by atoms with Crippen molar-refractivity contribution in [2.75, 3.05) is 0 Å². The van der Waals surface area contributed by atoms with Crippen LogP contribution in [0.25, 0.3) is 0 Å². The van der Waals surface area contributed by atoms with Gasteiger partial charge in [-0.3, -0.25) is 10.8 Å². The van der Waals surface area contributed by atoms with Gasteiger partial charge in [0.05, 0.1) is 0 Å². The minimum absolute atomic E-state index is 0.196. The third kappa shape index (κ3) is 5.30.